The first-order valence-corrected chi connectivity index (χ1v) is 5.61. The second kappa shape index (κ2) is 4.05. The van der Waals surface area contributed by atoms with Crippen LogP contribution in [0.4, 0.5) is 0 Å². The highest BCUT2D eigenvalue weighted by Gasteiger charge is 2.29. The van der Waals surface area contributed by atoms with Gasteiger partial charge in [-0.25, -0.2) is 0 Å². The van der Waals surface area contributed by atoms with E-state index in [0.717, 1.165) is 0 Å². The molecule has 0 heterocycles. The number of carbonyl (C=O) groups is 2. The molecular weight excluding hydrogens is 200 g/mol. The molecule has 1 aliphatic carbocycles. The summed E-state index contributed by atoms with van der Waals surface area (Å²) < 4.78 is 0. The van der Waals surface area contributed by atoms with Gasteiger partial charge < -0.3 is 0 Å². The summed E-state index contributed by atoms with van der Waals surface area (Å²) in [6.45, 7) is 3.84. The third-order valence-electron chi connectivity index (χ3n) is 3.04. The first kappa shape index (κ1) is 10.8. The molecule has 0 spiro atoms. The van der Waals surface area contributed by atoms with Crippen molar-refractivity contribution in [2.24, 2.45) is 0 Å². The molecule has 0 fully saturated rings. The molecule has 2 heteroatoms. The number of ketones is 2. The number of benzene rings is 1. The predicted molar refractivity (Wildman–Crippen MR) is 62.7 cm³/mol. The highest BCUT2D eigenvalue weighted by atomic mass is 16.1. The van der Waals surface area contributed by atoms with E-state index < -0.39 is 0 Å². The first-order valence-electron chi connectivity index (χ1n) is 5.61. The van der Waals surface area contributed by atoms with Gasteiger partial charge in [0.15, 0.2) is 11.6 Å². The average Bonchev–Trinajstić information content (AvgIpc) is 2.33. The second-order valence-electron chi connectivity index (χ2n) is 3.87. The van der Waals surface area contributed by atoms with E-state index in [0.29, 0.717) is 35.1 Å². The summed E-state index contributed by atoms with van der Waals surface area (Å²) in [6, 6.07) is 7.07. The van der Waals surface area contributed by atoms with Crippen LogP contribution >= 0.6 is 0 Å². The number of hydrogen-bond donors (Lipinski definition) is 0. The Morgan fingerprint density at radius 1 is 0.812 bits per heavy atom. The molecule has 0 aromatic heterocycles. The molecule has 0 N–H and O–H groups in total. The zero-order valence-electron chi connectivity index (χ0n) is 9.54. The van der Waals surface area contributed by atoms with E-state index in [9.17, 15) is 9.59 Å². The van der Waals surface area contributed by atoms with Crippen LogP contribution in [0.3, 0.4) is 0 Å². The van der Waals surface area contributed by atoms with Crippen molar-refractivity contribution in [2.75, 3.05) is 0 Å². The van der Waals surface area contributed by atoms with Gasteiger partial charge in [0.2, 0.25) is 0 Å². The second-order valence-corrected chi connectivity index (χ2v) is 3.87. The van der Waals surface area contributed by atoms with Gasteiger partial charge >= 0.3 is 0 Å². The smallest absolute Gasteiger partial charge is 0.190 e. The Balaban J connectivity index is 2.67. The molecule has 1 aliphatic rings. The van der Waals surface area contributed by atoms with Crippen LogP contribution in [0.5, 0.6) is 0 Å². The van der Waals surface area contributed by atoms with Crippen molar-refractivity contribution < 1.29 is 9.59 Å². The topological polar surface area (TPSA) is 34.1 Å². The fraction of sp³-hybridized carbons (Fsp3) is 0.286. The zero-order chi connectivity index (χ0) is 11.7. The minimum atomic E-state index is 0.0227. The van der Waals surface area contributed by atoms with Gasteiger partial charge in [-0.2, -0.15) is 0 Å². The number of rotatable bonds is 2. The summed E-state index contributed by atoms with van der Waals surface area (Å²) in [4.78, 5) is 24.3. The highest BCUT2D eigenvalue weighted by Crippen LogP contribution is 2.29. The number of fused-ring (bicyclic) bond motifs is 1. The summed E-state index contributed by atoms with van der Waals surface area (Å²) in [5.41, 5.74) is 2.49. The maximum Gasteiger partial charge on any atom is 0.190 e. The normalized spacial score (nSPS) is 15.4. The monoisotopic (exact) mass is 214 g/mol. The molecule has 16 heavy (non-hydrogen) atoms. The molecule has 0 atom stereocenters. The fourth-order valence-electron chi connectivity index (χ4n) is 2.23. The van der Waals surface area contributed by atoms with Crippen molar-refractivity contribution in [1.82, 2.24) is 0 Å². The van der Waals surface area contributed by atoms with Gasteiger partial charge in [0, 0.05) is 22.3 Å². The van der Waals surface area contributed by atoms with Crippen LogP contribution in [0.15, 0.2) is 35.4 Å². The minimum Gasteiger partial charge on any atom is -0.289 e. The average molecular weight is 214 g/mol. The van der Waals surface area contributed by atoms with E-state index in [1.807, 2.05) is 13.8 Å². The lowest BCUT2D eigenvalue weighted by Gasteiger charge is -2.19. The molecule has 82 valence electrons. The van der Waals surface area contributed by atoms with E-state index in [1.54, 1.807) is 24.3 Å². The molecule has 2 nitrogen and oxygen atoms in total. The van der Waals surface area contributed by atoms with E-state index in [4.69, 9.17) is 0 Å². The molecule has 2 rings (SSSR count). The Morgan fingerprint density at radius 3 is 1.50 bits per heavy atom. The van der Waals surface area contributed by atoms with Crippen LogP contribution in [-0.2, 0) is 0 Å². The Labute approximate surface area is 95.0 Å². The maximum absolute atomic E-state index is 12.2. The first-order chi connectivity index (χ1) is 7.70. The molecule has 0 saturated carbocycles. The van der Waals surface area contributed by atoms with Gasteiger partial charge in [0.25, 0.3) is 0 Å². The molecule has 1 aromatic rings. The van der Waals surface area contributed by atoms with Crippen LogP contribution in [0.25, 0.3) is 0 Å². The Hall–Kier alpha value is -1.70. The van der Waals surface area contributed by atoms with Crippen molar-refractivity contribution in [1.29, 1.82) is 0 Å². The fourth-order valence-corrected chi connectivity index (χ4v) is 2.23. The molecule has 0 bridgehead atoms. The lowest BCUT2D eigenvalue weighted by atomic mass is 9.82. The lowest BCUT2D eigenvalue weighted by molar-refractivity contribution is 0.0970. The van der Waals surface area contributed by atoms with Crippen molar-refractivity contribution in [3.63, 3.8) is 0 Å². The summed E-state index contributed by atoms with van der Waals surface area (Å²) in [5, 5.41) is 0. The van der Waals surface area contributed by atoms with Crippen LogP contribution in [0.2, 0.25) is 0 Å². The van der Waals surface area contributed by atoms with Gasteiger partial charge in [-0.05, 0) is 12.8 Å². The maximum atomic E-state index is 12.2. The zero-order valence-corrected chi connectivity index (χ0v) is 9.54. The SMILES string of the molecule is CCC1=C(CC)C(=O)c2ccccc2C1=O. The third kappa shape index (κ3) is 1.42. The van der Waals surface area contributed by atoms with Gasteiger partial charge in [0.1, 0.15) is 0 Å². The van der Waals surface area contributed by atoms with Gasteiger partial charge in [0.05, 0.1) is 0 Å². The van der Waals surface area contributed by atoms with Gasteiger partial charge in [-0.3, -0.25) is 9.59 Å². The standard InChI is InChI=1S/C14H14O2/c1-3-9-10(4-2)14(16)12-8-6-5-7-11(12)13(9)15/h5-8H,3-4H2,1-2H3. The lowest BCUT2D eigenvalue weighted by Crippen LogP contribution is -2.21. The Kier molecular flexibility index (Phi) is 2.73. The van der Waals surface area contributed by atoms with Crippen molar-refractivity contribution in [3.8, 4) is 0 Å². The van der Waals surface area contributed by atoms with E-state index in [2.05, 4.69) is 0 Å². The molecule has 0 unspecified atom stereocenters. The number of allylic oxidation sites excluding steroid dienone is 2. The molecule has 0 saturated heterocycles. The summed E-state index contributed by atoms with van der Waals surface area (Å²) in [6.07, 6.45) is 1.25. The molecule has 0 radical (unpaired) electrons. The van der Waals surface area contributed by atoms with Crippen LogP contribution in [-0.4, -0.2) is 11.6 Å². The predicted octanol–water partition coefficient (Wildman–Crippen LogP) is 3.18. The number of carbonyl (C=O) groups excluding carboxylic acids is 2. The molecule has 0 amide bonds. The molecule has 1 aromatic carbocycles. The van der Waals surface area contributed by atoms with Crippen LogP contribution in [0.1, 0.15) is 47.4 Å². The highest BCUT2D eigenvalue weighted by molar-refractivity contribution is 6.26. The van der Waals surface area contributed by atoms with Gasteiger partial charge in [-0.1, -0.05) is 38.1 Å². The van der Waals surface area contributed by atoms with E-state index in [-0.39, 0.29) is 11.6 Å². The summed E-state index contributed by atoms with van der Waals surface area (Å²) >= 11 is 0. The van der Waals surface area contributed by atoms with Crippen LogP contribution in [0, 0.1) is 0 Å². The molecular formula is C14H14O2. The van der Waals surface area contributed by atoms with E-state index in [1.165, 1.54) is 0 Å². The van der Waals surface area contributed by atoms with Crippen molar-refractivity contribution in [2.45, 2.75) is 26.7 Å². The Morgan fingerprint density at radius 2 is 1.19 bits per heavy atom. The number of Topliss-reactive ketones (excluding diaryl/α,β-unsaturated/α-hetero) is 2. The van der Waals surface area contributed by atoms with Crippen LogP contribution < -0.4 is 0 Å². The quantitative estimate of drug-likeness (QED) is 0.757. The number of hydrogen-bond acceptors (Lipinski definition) is 2. The van der Waals surface area contributed by atoms with Crippen molar-refractivity contribution >= 4 is 11.6 Å². The Bertz CT molecular complexity index is 450. The van der Waals surface area contributed by atoms with E-state index >= 15 is 0 Å². The third-order valence-corrected chi connectivity index (χ3v) is 3.04. The van der Waals surface area contributed by atoms with Gasteiger partial charge in [-0.15, -0.1) is 0 Å². The minimum absolute atomic E-state index is 0.0227. The van der Waals surface area contributed by atoms with Crippen molar-refractivity contribution in [3.05, 3.63) is 46.5 Å². The molecule has 0 aliphatic heterocycles. The summed E-state index contributed by atoms with van der Waals surface area (Å²) in [5.74, 6) is 0.0455. The largest absolute Gasteiger partial charge is 0.289 e. The summed E-state index contributed by atoms with van der Waals surface area (Å²) in [7, 11) is 0.